The van der Waals surface area contributed by atoms with Gasteiger partial charge in [-0.1, -0.05) is 51.1 Å². The van der Waals surface area contributed by atoms with E-state index in [1.807, 2.05) is 28.9 Å². The van der Waals surface area contributed by atoms with Crippen LogP contribution in [0, 0.1) is 0 Å². The molecule has 1 aromatic carbocycles. The molecule has 2 heterocycles. The molecule has 0 spiro atoms. The van der Waals surface area contributed by atoms with Crippen molar-refractivity contribution in [1.82, 2.24) is 9.78 Å². The lowest BCUT2D eigenvalue weighted by Gasteiger charge is -2.14. The van der Waals surface area contributed by atoms with Gasteiger partial charge in [0.1, 0.15) is 11.9 Å². The summed E-state index contributed by atoms with van der Waals surface area (Å²) in [7, 11) is 0. The first-order valence-corrected chi connectivity index (χ1v) is 8.48. The van der Waals surface area contributed by atoms with E-state index in [0.29, 0.717) is 13.2 Å². The SMILES string of the molecule is CC(C)(C)c1cc(NC(=O)C2CCCO2)n(Cc2ccccc2)n1. The average Bonchev–Trinajstić information content (AvgIpc) is 3.18. The van der Waals surface area contributed by atoms with Crippen molar-refractivity contribution in [2.24, 2.45) is 0 Å². The molecule has 1 fully saturated rings. The molecule has 1 amide bonds. The lowest BCUT2D eigenvalue weighted by atomic mass is 9.92. The maximum Gasteiger partial charge on any atom is 0.254 e. The molecule has 3 rings (SSSR count). The van der Waals surface area contributed by atoms with Gasteiger partial charge in [-0.15, -0.1) is 0 Å². The summed E-state index contributed by atoms with van der Waals surface area (Å²) in [4.78, 5) is 12.4. The largest absolute Gasteiger partial charge is 0.368 e. The van der Waals surface area contributed by atoms with E-state index >= 15 is 0 Å². The highest BCUT2D eigenvalue weighted by atomic mass is 16.5. The summed E-state index contributed by atoms with van der Waals surface area (Å²) < 4.78 is 7.34. The number of amides is 1. The zero-order valence-electron chi connectivity index (χ0n) is 14.6. The van der Waals surface area contributed by atoms with Gasteiger partial charge in [-0.25, -0.2) is 4.68 Å². The second-order valence-electron chi connectivity index (χ2n) is 7.30. The zero-order chi connectivity index (χ0) is 17.2. The second-order valence-corrected chi connectivity index (χ2v) is 7.30. The van der Waals surface area contributed by atoms with Gasteiger partial charge < -0.3 is 10.1 Å². The quantitative estimate of drug-likeness (QED) is 0.937. The molecule has 1 atom stereocenters. The molecule has 0 bridgehead atoms. The topological polar surface area (TPSA) is 56.1 Å². The molecule has 1 aliphatic heterocycles. The summed E-state index contributed by atoms with van der Waals surface area (Å²) in [5.41, 5.74) is 2.03. The highest BCUT2D eigenvalue weighted by Gasteiger charge is 2.26. The molecule has 1 aromatic heterocycles. The Labute approximate surface area is 143 Å². The maximum absolute atomic E-state index is 12.4. The number of ether oxygens (including phenoxy) is 1. The Morgan fingerprint density at radius 2 is 2.08 bits per heavy atom. The molecule has 1 N–H and O–H groups in total. The van der Waals surface area contributed by atoms with E-state index in [-0.39, 0.29) is 17.4 Å². The van der Waals surface area contributed by atoms with Crippen molar-refractivity contribution in [2.75, 3.05) is 11.9 Å². The molecule has 1 unspecified atom stereocenters. The predicted octanol–water partition coefficient (Wildman–Crippen LogP) is 3.35. The summed E-state index contributed by atoms with van der Waals surface area (Å²) in [6, 6.07) is 12.1. The monoisotopic (exact) mass is 327 g/mol. The van der Waals surface area contributed by atoms with Crippen molar-refractivity contribution in [3.63, 3.8) is 0 Å². The molecular formula is C19H25N3O2. The molecule has 5 nitrogen and oxygen atoms in total. The van der Waals surface area contributed by atoms with Gasteiger partial charge in [0.2, 0.25) is 0 Å². The van der Waals surface area contributed by atoms with Gasteiger partial charge in [0.15, 0.2) is 0 Å². The summed E-state index contributed by atoms with van der Waals surface area (Å²) in [6.07, 6.45) is 1.38. The van der Waals surface area contributed by atoms with Crippen LogP contribution in [-0.2, 0) is 21.5 Å². The molecule has 128 valence electrons. The van der Waals surface area contributed by atoms with Gasteiger partial charge in [0.25, 0.3) is 5.91 Å². The van der Waals surface area contributed by atoms with Crippen LogP contribution >= 0.6 is 0 Å². The number of rotatable bonds is 4. The molecule has 2 aromatic rings. The molecule has 0 saturated carbocycles. The maximum atomic E-state index is 12.4. The van der Waals surface area contributed by atoms with Crippen molar-refractivity contribution in [2.45, 2.75) is 51.7 Å². The minimum atomic E-state index is -0.344. The van der Waals surface area contributed by atoms with E-state index in [9.17, 15) is 4.79 Å². The van der Waals surface area contributed by atoms with Gasteiger partial charge in [-0.3, -0.25) is 4.79 Å². The molecular weight excluding hydrogens is 302 g/mol. The Balaban J connectivity index is 1.85. The number of aromatic nitrogens is 2. The summed E-state index contributed by atoms with van der Waals surface area (Å²) in [6.45, 7) is 7.64. The molecule has 0 radical (unpaired) electrons. The number of hydrogen-bond donors (Lipinski definition) is 1. The zero-order valence-corrected chi connectivity index (χ0v) is 14.6. The third-order valence-corrected chi connectivity index (χ3v) is 4.20. The number of carbonyl (C=O) groups excluding carboxylic acids is 1. The molecule has 5 heteroatoms. The van der Waals surface area contributed by atoms with E-state index in [1.165, 1.54) is 0 Å². The van der Waals surface area contributed by atoms with E-state index in [2.05, 4.69) is 38.2 Å². The van der Waals surface area contributed by atoms with Gasteiger partial charge in [0.05, 0.1) is 12.2 Å². The minimum Gasteiger partial charge on any atom is -0.368 e. The van der Waals surface area contributed by atoms with Crippen LogP contribution in [0.2, 0.25) is 0 Å². The normalized spacial score (nSPS) is 17.9. The Kier molecular flexibility index (Phi) is 4.71. The van der Waals surface area contributed by atoms with E-state index < -0.39 is 0 Å². The number of nitrogens with zero attached hydrogens (tertiary/aromatic N) is 2. The summed E-state index contributed by atoms with van der Waals surface area (Å²) in [5.74, 6) is 0.645. The van der Waals surface area contributed by atoms with Crippen molar-refractivity contribution in [3.05, 3.63) is 47.7 Å². The minimum absolute atomic E-state index is 0.0781. The van der Waals surface area contributed by atoms with Crippen LogP contribution in [0.4, 0.5) is 5.82 Å². The van der Waals surface area contributed by atoms with Gasteiger partial charge >= 0.3 is 0 Å². The van der Waals surface area contributed by atoms with Gasteiger partial charge in [-0.05, 0) is 18.4 Å². The molecule has 24 heavy (non-hydrogen) atoms. The van der Waals surface area contributed by atoms with Crippen LogP contribution in [0.3, 0.4) is 0 Å². The Morgan fingerprint density at radius 1 is 1.33 bits per heavy atom. The average molecular weight is 327 g/mol. The van der Waals surface area contributed by atoms with Gasteiger partial charge in [-0.2, -0.15) is 5.10 Å². The van der Waals surface area contributed by atoms with Crippen LogP contribution in [0.5, 0.6) is 0 Å². The van der Waals surface area contributed by atoms with E-state index in [0.717, 1.165) is 29.9 Å². The van der Waals surface area contributed by atoms with Crippen molar-refractivity contribution in [3.8, 4) is 0 Å². The third-order valence-electron chi connectivity index (χ3n) is 4.20. The second kappa shape index (κ2) is 6.77. The van der Waals surface area contributed by atoms with Crippen LogP contribution in [0.1, 0.15) is 44.9 Å². The van der Waals surface area contributed by atoms with Gasteiger partial charge in [0, 0.05) is 18.1 Å². The highest BCUT2D eigenvalue weighted by molar-refractivity contribution is 5.93. The first kappa shape index (κ1) is 16.7. The number of hydrogen-bond acceptors (Lipinski definition) is 3. The van der Waals surface area contributed by atoms with Crippen LogP contribution < -0.4 is 5.32 Å². The fourth-order valence-corrected chi connectivity index (χ4v) is 2.75. The smallest absolute Gasteiger partial charge is 0.254 e. The number of nitrogens with one attached hydrogen (secondary N) is 1. The predicted molar refractivity (Wildman–Crippen MR) is 94.1 cm³/mol. The standard InChI is InChI=1S/C19H25N3O2/c1-19(2,3)16-12-17(20-18(23)15-10-7-11-24-15)22(21-16)13-14-8-5-4-6-9-14/h4-6,8-9,12,15H,7,10-11,13H2,1-3H3,(H,20,23). The highest BCUT2D eigenvalue weighted by Crippen LogP contribution is 2.25. The van der Waals surface area contributed by atoms with Crippen LogP contribution in [0.15, 0.2) is 36.4 Å². The fourth-order valence-electron chi connectivity index (χ4n) is 2.75. The first-order chi connectivity index (χ1) is 11.4. The van der Waals surface area contributed by atoms with Crippen molar-refractivity contribution >= 4 is 11.7 Å². The van der Waals surface area contributed by atoms with E-state index in [1.54, 1.807) is 0 Å². The van der Waals surface area contributed by atoms with Crippen molar-refractivity contribution in [1.29, 1.82) is 0 Å². The third kappa shape index (κ3) is 3.85. The molecule has 1 saturated heterocycles. The van der Waals surface area contributed by atoms with Crippen LogP contribution in [0.25, 0.3) is 0 Å². The number of benzene rings is 1. The lowest BCUT2D eigenvalue weighted by Crippen LogP contribution is -2.28. The number of anilines is 1. The molecule has 1 aliphatic rings. The number of carbonyl (C=O) groups is 1. The molecule has 0 aliphatic carbocycles. The lowest BCUT2D eigenvalue weighted by molar-refractivity contribution is -0.124. The van der Waals surface area contributed by atoms with Crippen LogP contribution in [-0.4, -0.2) is 28.4 Å². The Hall–Kier alpha value is -2.14. The summed E-state index contributed by atoms with van der Waals surface area (Å²) in [5, 5.41) is 7.72. The first-order valence-electron chi connectivity index (χ1n) is 8.48. The van der Waals surface area contributed by atoms with E-state index in [4.69, 9.17) is 9.84 Å². The summed E-state index contributed by atoms with van der Waals surface area (Å²) >= 11 is 0. The Morgan fingerprint density at radius 3 is 2.71 bits per heavy atom. The fraction of sp³-hybridized carbons (Fsp3) is 0.474. The Bertz CT molecular complexity index is 695. The van der Waals surface area contributed by atoms with Crippen molar-refractivity contribution < 1.29 is 9.53 Å².